The zero-order valence-corrected chi connectivity index (χ0v) is 24.8. The number of rotatable bonds is 13. The molecule has 0 saturated heterocycles. The third kappa shape index (κ3) is 9.34. The van der Waals surface area contributed by atoms with Crippen LogP contribution < -0.4 is 0 Å². The Kier molecular flexibility index (Phi) is 13.9. The lowest BCUT2D eigenvalue weighted by atomic mass is 9.85. The van der Waals surface area contributed by atoms with Crippen molar-refractivity contribution in [3.63, 3.8) is 0 Å². The van der Waals surface area contributed by atoms with Crippen LogP contribution in [0.3, 0.4) is 0 Å². The highest BCUT2D eigenvalue weighted by Crippen LogP contribution is 2.42. The molecule has 4 atom stereocenters. The number of likely N-dealkylation sites (N-methyl/N-ethyl adjacent to an activating group) is 1. The smallest absolute Gasteiger partial charge is 0.348 e. The number of esters is 1. The first-order chi connectivity index (χ1) is 16.8. The van der Waals surface area contributed by atoms with Gasteiger partial charge in [0.05, 0.1) is 6.10 Å². The molecule has 0 aliphatic heterocycles. The second-order valence-electron chi connectivity index (χ2n) is 9.28. The van der Waals surface area contributed by atoms with Gasteiger partial charge in [0, 0.05) is 26.8 Å². The van der Waals surface area contributed by atoms with Gasteiger partial charge in [0.15, 0.2) is 0 Å². The van der Waals surface area contributed by atoms with Gasteiger partial charge < -0.3 is 14.7 Å². The maximum atomic E-state index is 12.4. The Morgan fingerprint density at radius 1 is 1.08 bits per heavy atom. The van der Waals surface area contributed by atoms with Crippen molar-refractivity contribution in [2.24, 2.45) is 11.8 Å². The molecule has 0 amide bonds. The fourth-order valence-electron chi connectivity index (χ4n) is 5.04. The van der Waals surface area contributed by atoms with Crippen LogP contribution >= 0.6 is 58.5 Å². The number of halogens is 4. The highest BCUT2D eigenvalue weighted by molar-refractivity contribution is 7.13. The van der Waals surface area contributed by atoms with Crippen molar-refractivity contribution in [1.29, 1.82) is 0 Å². The molecule has 0 radical (unpaired) electrons. The molecule has 4 nitrogen and oxygen atoms in total. The number of hydrogen-bond acceptors (Lipinski definition) is 5. The van der Waals surface area contributed by atoms with Gasteiger partial charge in [-0.2, -0.15) is 0 Å². The van der Waals surface area contributed by atoms with Crippen molar-refractivity contribution in [3.05, 3.63) is 55.7 Å². The van der Waals surface area contributed by atoms with E-state index < -0.39 is 0 Å². The number of thiophene rings is 1. The van der Waals surface area contributed by atoms with Crippen molar-refractivity contribution >= 4 is 64.5 Å². The number of carbonyl (C=O) groups excluding carboxylic acids is 1. The lowest BCUT2D eigenvalue weighted by Gasteiger charge is -2.23. The Morgan fingerprint density at radius 3 is 2.44 bits per heavy atom. The number of aliphatic hydroxyl groups excluding tert-OH is 1. The second kappa shape index (κ2) is 15.8. The summed E-state index contributed by atoms with van der Waals surface area (Å²) >= 11 is 20.4. The predicted molar refractivity (Wildman–Crippen MR) is 155 cm³/mol. The molecular weight excluding hydrogens is 560 g/mol. The molecule has 1 heterocycles. The molecule has 1 aliphatic carbocycles. The van der Waals surface area contributed by atoms with Gasteiger partial charge in [0.2, 0.25) is 0 Å². The number of carbonyl (C=O) groups is 1. The highest BCUT2D eigenvalue weighted by atomic mass is 35.5. The summed E-state index contributed by atoms with van der Waals surface area (Å²) in [6.07, 6.45) is 4.74. The molecule has 1 N–H and O–H groups in total. The molecule has 9 heteroatoms. The molecule has 202 valence electrons. The van der Waals surface area contributed by atoms with E-state index in [1.165, 1.54) is 16.2 Å². The molecule has 1 aliphatic rings. The number of hydrogen-bond donors (Lipinski definition) is 1. The number of aliphatic hydroxyl groups is 1. The second-order valence-corrected chi connectivity index (χ2v) is 11.9. The molecule has 1 aromatic heterocycles. The molecule has 1 aromatic carbocycles. The molecule has 0 spiro atoms. The number of alkyl halides is 1. The maximum Gasteiger partial charge on any atom is 0.348 e. The summed E-state index contributed by atoms with van der Waals surface area (Å²) in [7, 11) is 0. The van der Waals surface area contributed by atoms with E-state index in [0.717, 1.165) is 57.3 Å². The van der Waals surface area contributed by atoms with Gasteiger partial charge in [0.1, 0.15) is 11.5 Å². The van der Waals surface area contributed by atoms with Crippen molar-refractivity contribution < 1.29 is 14.6 Å². The van der Waals surface area contributed by atoms with Crippen LogP contribution in [0.5, 0.6) is 0 Å². The lowest BCUT2D eigenvalue weighted by Crippen LogP contribution is -2.27. The van der Waals surface area contributed by atoms with Crippen molar-refractivity contribution in [1.82, 2.24) is 4.90 Å². The molecule has 0 unspecified atom stereocenters. The Hall–Kier alpha value is -0.530. The van der Waals surface area contributed by atoms with Crippen LogP contribution in [0, 0.1) is 11.8 Å². The first kappa shape index (κ1) is 31.7. The van der Waals surface area contributed by atoms with Gasteiger partial charge in [-0.25, -0.2) is 4.79 Å². The number of aryl methyl sites for hydroxylation is 2. The fourth-order valence-corrected chi connectivity index (χ4v) is 7.05. The molecule has 1 fully saturated rings. The van der Waals surface area contributed by atoms with Crippen molar-refractivity contribution in [3.8, 4) is 0 Å². The summed E-state index contributed by atoms with van der Waals surface area (Å²) in [5, 5.41) is 11.9. The first-order valence-electron chi connectivity index (χ1n) is 12.6. The van der Waals surface area contributed by atoms with E-state index in [-0.39, 0.29) is 41.7 Å². The van der Waals surface area contributed by atoms with Crippen molar-refractivity contribution in [2.75, 3.05) is 26.2 Å². The van der Waals surface area contributed by atoms with Gasteiger partial charge in [-0.1, -0.05) is 37.0 Å². The minimum Gasteiger partial charge on any atom is -0.460 e. The Labute approximate surface area is 240 Å². The van der Waals surface area contributed by atoms with Crippen LogP contribution in [0.2, 0.25) is 10.0 Å². The average molecular weight is 597 g/mol. The van der Waals surface area contributed by atoms with E-state index in [1.54, 1.807) is 6.07 Å². The summed E-state index contributed by atoms with van der Waals surface area (Å²) in [6.45, 7) is 7.29. The quantitative estimate of drug-likeness (QED) is 0.192. The molecule has 36 heavy (non-hydrogen) atoms. The van der Waals surface area contributed by atoms with E-state index in [4.69, 9.17) is 39.5 Å². The van der Waals surface area contributed by atoms with Crippen LogP contribution in [-0.4, -0.2) is 53.7 Å². The highest BCUT2D eigenvalue weighted by Gasteiger charge is 2.40. The third-order valence-electron chi connectivity index (χ3n) is 7.02. The van der Waals surface area contributed by atoms with Gasteiger partial charge in [-0.15, -0.1) is 35.3 Å². The zero-order valence-electron chi connectivity index (χ0n) is 20.9. The normalized spacial score (nSPS) is 21.5. The number of benzene rings is 1. The number of ether oxygens (including phenoxy) is 1. The fraction of sp³-hybridized carbons (Fsp3) is 0.593. The SMILES string of the molecule is CCN(CC)CCOC(=O)c1ccc(CCC[C@@H]2[C@@H](CCc3cc(Cl)cc(Cl)c3)[C@H](O)C[C@@H]2Cl)s1.Cl. The maximum absolute atomic E-state index is 12.4. The van der Waals surface area contributed by atoms with Gasteiger partial charge >= 0.3 is 5.97 Å². The van der Waals surface area contributed by atoms with E-state index >= 15 is 0 Å². The summed E-state index contributed by atoms with van der Waals surface area (Å²) in [6, 6.07) is 9.49. The van der Waals surface area contributed by atoms with E-state index in [0.29, 0.717) is 28.0 Å². The van der Waals surface area contributed by atoms with E-state index in [1.807, 2.05) is 24.3 Å². The molecule has 3 rings (SSSR count). The minimum absolute atomic E-state index is 0. The minimum atomic E-state index is -0.378. The lowest BCUT2D eigenvalue weighted by molar-refractivity contribution is 0.0472. The van der Waals surface area contributed by atoms with Gasteiger partial charge in [-0.3, -0.25) is 0 Å². The van der Waals surface area contributed by atoms with Crippen LogP contribution in [-0.2, 0) is 17.6 Å². The van der Waals surface area contributed by atoms with Crippen LogP contribution in [0.4, 0.5) is 0 Å². The monoisotopic (exact) mass is 595 g/mol. The number of nitrogens with zero attached hydrogens (tertiary/aromatic N) is 1. The molecule has 0 bridgehead atoms. The Bertz CT molecular complexity index is 933. The topological polar surface area (TPSA) is 49.8 Å². The summed E-state index contributed by atoms with van der Waals surface area (Å²) in [5.74, 6) is 0.190. The average Bonchev–Trinajstić information content (AvgIpc) is 3.39. The Morgan fingerprint density at radius 2 is 1.78 bits per heavy atom. The summed E-state index contributed by atoms with van der Waals surface area (Å²) in [4.78, 5) is 16.4. The summed E-state index contributed by atoms with van der Waals surface area (Å²) in [5.41, 5.74) is 1.08. The van der Waals surface area contributed by atoms with E-state index in [2.05, 4.69) is 18.7 Å². The van der Waals surface area contributed by atoms with Crippen LogP contribution in [0.1, 0.15) is 59.6 Å². The van der Waals surface area contributed by atoms with Gasteiger partial charge in [0.25, 0.3) is 0 Å². The molecular formula is C27H37Cl4NO3S. The molecule has 1 saturated carbocycles. The van der Waals surface area contributed by atoms with E-state index in [9.17, 15) is 9.90 Å². The van der Waals surface area contributed by atoms with Crippen LogP contribution in [0.15, 0.2) is 30.3 Å². The Balaban J connectivity index is 0.00000456. The van der Waals surface area contributed by atoms with Crippen molar-refractivity contribution in [2.45, 2.75) is 63.9 Å². The van der Waals surface area contributed by atoms with Gasteiger partial charge in [-0.05, 0) is 99.3 Å². The predicted octanol–water partition coefficient (Wildman–Crippen LogP) is 7.54. The largest absolute Gasteiger partial charge is 0.460 e. The third-order valence-corrected chi connectivity index (χ3v) is 9.09. The first-order valence-corrected chi connectivity index (χ1v) is 14.6. The van der Waals surface area contributed by atoms with Crippen LogP contribution in [0.25, 0.3) is 0 Å². The summed E-state index contributed by atoms with van der Waals surface area (Å²) < 4.78 is 5.45. The standard InChI is InChI=1S/C27H36Cl3NO3S.ClH/c1-3-31(4-2)12-13-34-27(33)26-11-9-21(35-26)6-5-7-22-23(25(32)17-24(22)30)10-8-18-14-19(28)16-20(29)15-18;/h9,11,14-16,22-25,32H,3-8,10,12-13,17H2,1-2H3;1H/t22-,23-,24+,25-;/m1./s1. The molecule has 2 aromatic rings. The zero-order chi connectivity index (χ0) is 25.4.